The van der Waals surface area contributed by atoms with E-state index in [2.05, 4.69) is 0 Å². The van der Waals surface area contributed by atoms with Crippen LogP contribution in [-0.4, -0.2) is 25.2 Å². The first-order valence-electron chi connectivity index (χ1n) is 11.0. The molecule has 0 saturated carbocycles. The van der Waals surface area contributed by atoms with Crippen LogP contribution in [-0.2, 0) is 10.0 Å². The molecule has 10 heteroatoms. The minimum atomic E-state index is -4.58. The van der Waals surface area contributed by atoms with Gasteiger partial charge in [-0.3, -0.25) is 14.9 Å². The van der Waals surface area contributed by atoms with Gasteiger partial charge in [0.05, 0.1) is 21.1 Å². The smallest absolute Gasteiger partial charge is 0.343 e. The molecule has 0 unspecified atom stereocenters. The van der Waals surface area contributed by atoms with E-state index in [0.29, 0.717) is 9.87 Å². The summed E-state index contributed by atoms with van der Waals surface area (Å²) in [5.74, 6) is -1.34. The van der Waals surface area contributed by atoms with Crippen molar-refractivity contribution in [2.24, 2.45) is 0 Å². The number of sulfonamides is 1. The fourth-order valence-corrected chi connectivity index (χ4v) is 4.94. The largest absolute Gasteiger partial charge is 0.423 e. The second kappa shape index (κ2) is 10.4. The van der Waals surface area contributed by atoms with Gasteiger partial charge in [-0.2, -0.15) is 4.31 Å². The van der Waals surface area contributed by atoms with E-state index in [1.54, 1.807) is 48.5 Å². The van der Waals surface area contributed by atoms with E-state index < -0.39 is 37.4 Å². The molecule has 0 fully saturated rings. The summed E-state index contributed by atoms with van der Waals surface area (Å²) >= 11 is 0. The molecule has 4 aromatic carbocycles. The molecule has 0 saturated heterocycles. The molecule has 0 N–H and O–H groups in total. The summed E-state index contributed by atoms with van der Waals surface area (Å²) < 4.78 is 33.3. The number of esters is 1. The van der Waals surface area contributed by atoms with Crippen molar-refractivity contribution >= 4 is 33.3 Å². The molecule has 0 aliphatic carbocycles. The van der Waals surface area contributed by atoms with Crippen LogP contribution in [0.4, 0.5) is 11.4 Å². The molecular weight excluding hydrogens is 496 g/mol. The number of carbonyl (C=O) groups is 2. The summed E-state index contributed by atoms with van der Waals surface area (Å²) in [6, 6.07) is 24.8. The number of aryl methyl sites for hydroxylation is 1. The minimum Gasteiger partial charge on any atom is -0.423 e. The van der Waals surface area contributed by atoms with Gasteiger partial charge in [-0.05, 0) is 61.5 Å². The second-order valence-electron chi connectivity index (χ2n) is 7.90. The fraction of sp³-hybridized carbons (Fsp3) is 0.0370. The molecule has 0 spiro atoms. The lowest BCUT2D eigenvalue weighted by Gasteiger charge is -2.23. The van der Waals surface area contributed by atoms with E-state index in [1.807, 2.05) is 0 Å². The highest BCUT2D eigenvalue weighted by Gasteiger charge is 2.33. The van der Waals surface area contributed by atoms with Gasteiger partial charge in [0, 0.05) is 17.2 Å². The van der Waals surface area contributed by atoms with E-state index in [1.165, 1.54) is 55.5 Å². The number of ether oxygens (including phenoxy) is 1. The predicted molar refractivity (Wildman–Crippen MR) is 136 cm³/mol. The first kappa shape index (κ1) is 25.3. The molecule has 186 valence electrons. The Hall–Kier alpha value is -4.83. The molecule has 9 nitrogen and oxygen atoms in total. The highest BCUT2D eigenvalue weighted by Crippen LogP contribution is 2.30. The van der Waals surface area contributed by atoms with Crippen molar-refractivity contribution in [3.63, 3.8) is 0 Å². The number of nitro benzene ring substituents is 1. The Morgan fingerprint density at radius 3 is 1.95 bits per heavy atom. The number of nitro groups is 1. The van der Waals surface area contributed by atoms with Gasteiger partial charge < -0.3 is 4.74 Å². The lowest BCUT2D eigenvalue weighted by atomic mass is 10.2. The Labute approximate surface area is 212 Å². The highest BCUT2D eigenvalue weighted by atomic mass is 32.2. The van der Waals surface area contributed by atoms with Crippen LogP contribution in [0.1, 0.15) is 26.3 Å². The number of amides is 1. The van der Waals surface area contributed by atoms with Crippen LogP contribution in [0.5, 0.6) is 5.75 Å². The van der Waals surface area contributed by atoms with Crippen molar-refractivity contribution in [2.45, 2.75) is 11.8 Å². The molecule has 4 rings (SSSR count). The molecule has 4 aromatic rings. The van der Waals surface area contributed by atoms with Crippen LogP contribution in [0, 0.1) is 17.0 Å². The second-order valence-corrected chi connectivity index (χ2v) is 9.68. The fourth-order valence-electron chi connectivity index (χ4n) is 3.50. The standard InChI is InChI=1S/C27H20N2O7S/c1-19-12-17-24(18-25(19)29(32)33)37(34,35)28(26(30)20-8-4-2-5-9-20)22-13-15-23(16-14-22)36-27(31)21-10-6-3-7-11-21/h2-18H,1H3. The average molecular weight is 517 g/mol. The van der Waals surface area contributed by atoms with Crippen LogP contribution in [0.25, 0.3) is 0 Å². The summed E-state index contributed by atoms with van der Waals surface area (Å²) in [4.78, 5) is 36.1. The molecule has 0 bridgehead atoms. The zero-order chi connectivity index (χ0) is 26.6. The maximum Gasteiger partial charge on any atom is 0.343 e. The van der Waals surface area contributed by atoms with E-state index in [-0.39, 0.29) is 22.6 Å². The van der Waals surface area contributed by atoms with E-state index in [4.69, 9.17) is 4.74 Å². The van der Waals surface area contributed by atoms with Gasteiger partial charge in [-0.15, -0.1) is 0 Å². The van der Waals surface area contributed by atoms with Crippen molar-refractivity contribution in [3.05, 3.63) is 130 Å². The Morgan fingerprint density at radius 2 is 1.38 bits per heavy atom. The molecular formula is C27H20N2O7S. The van der Waals surface area contributed by atoms with Crippen molar-refractivity contribution in [3.8, 4) is 5.75 Å². The van der Waals surface area contributed by atoms with Gasteiger partial charge in [0.2, 0.25) is 0 Å². The number of anilines is 1. The summed E-state index contributed by atoms with van der Waals surface area (Å²) in [5, 5.41) is 11.4. The number of carbonyl (C=O) groups excluding carboxylic acids is 2. The van der Waals surface area contributed by atoms with E-state index in [9.17, 15) is 28.1 Å². The van der Waals surface area contributed by atoms with Crippen molar-refractivity contribution in [1.29, 1.82) is 0 Å². The predicted octanol–water partition coefficient (Wildman–Crippen LogP) is 5.16. The van der Waals surface area contributed by atoms with Crippen LogP contribution < -0.4 is 9.04 Å². The van der Waals surface area contributed by atoms with E-state index in [0.717, 1.165) is 6.07 Å². The number of benzene rings is 4. The third-order valence-electron chi connectivity index (χ3n) is 5.41. The van der Waals surface area contributed by atoms with Crippen LogP contribution >= 0.6 is 0 Å². The maximum absolute atomic E-state index is 13.7. The number of hydrogen-bond acceptors (Lipinski definition) is 7. The van der Waals surface area contributed by atoms with Crippen LogP contribution in [0.3, 0.4) is 0 Å². The first-order valence-corrected chi connectivity index (χ1v) is 12.4. The lowest BCUT2D eigenvalue weighted by Crippen LogP contribution is -2.37. The molecule has 0 aliphatic heterocycles. The third kappa shape index (κ3) is 5.39. The first-order chi connectivity index (χ1) is 17.7. The summed E-state index contributed by atoms with van der Waals surface area (Å²) in [6.45, 7) is 1.48. The SMILES string of the molecule is Cc1ccc(S(=O)(=O)N(C(=O)c2ccccc2)c2ccc(OC(=O)c3ccccc3)cc2)cc1[N+](=O)[O-]. The van der Waals surface area contributed by atoms with Crippen LogP contribution in [0.15, 0.2) is 108 Å². The summed E-state index contributed by atoms with van der Waals surface area (Å²) in [6.07, 6.45) is 0. The quantitative estimate of drug-likeness (QED) is 0.144. The Balaban J connectivity index is 1.74. The third-order valence-corrected chi connectivity index (χ3v) is 7.12. The van der Waals surface area contributed by atoms with Gasteiger partial charge in [0.25, 0.3) is 21.6 Å². The van der Waals surface area contributed by atoms with Gasteiger partial charge in [0.1, 0.15) is 5.75 Å². The zero-order valence-electron chi connectivity index (χ0n) is 19.5. The monoisotopic (exact) mass is 516 g/mol. The van der Waals surface area contributed by atoms with Crippen molar-refractivity contribution in [1.82, 2.24) is 0 Å². The van der Waals surface area contributed by atoms with Crippen LogP contribution in [0.2, 0.25) is 0 Å². The van der Waals surface area contributed by atoms with Gasteiger partial charge in [0.15, 0.2) is 0 Å². The van der Waals surface area contributed by atoms with Gasteiger partial charge in [-0.25, -0.2) is 13.2 Å². The lowest BCUT2D eigenvalue weighted by molar-refractivity contribution is -0.385. The average Bonchev–Trinajstić information content (AvgIpc) is 2.90. The molecule has 1 amide bonds. The molecule has 0 aliphatic rings. The Bertz CT molecular complexity index is 1570. The maximum atomic E-state index is 13.7. The van der Waals surface area contributed by atoms with Gasteiger partial charge >= 0.3 is 5.97 Å². The molecule has 0 atom stereocenters. The van der Waals surface area contributed by atoms with Gasteiger partial charge in [-0.1, -0.05) is 42.5 Å². The molecule has 0 aromatic heterocycles. The topological polar surface area (TPSA) is 124 Å². The molecule has 37 heavy (non-hydrogen) atoms. The van der Waals surface area contributed by atoms with E-state index >= 15 is 0 Å². The van der Waals surface area contributed by atoms with Crippen molar-refractivity contribution in [2.75, 3.05) is 4.31 Å². The van der Waals surface area contributed by atoms with Crippen molar-refractivity contribution < 1.29 is 27.7 Å². The molecule has 0 heterocycles. The normalized spacial score (nSPS) is 10.9. The zero-order valence-corrected chi connectivity index (χ0v) is 20.3. The summed E-state index contributed by atoms with van der Waals surface area (Å²) in [5.41, 5.74) is 0.255. The number of nitrogens with zero attached hydrogens (tertiary/aromatic N) is 2. The number of hydrogen-bond donors (Lipinski definition) is 0. The highest BCUT2D eigenvalue weighted by molar-refractivity contribution is 7.93. The number of rotatable bonds is 7. The molecule has 0 radical (unpaired) electrons. The minimum absolute atomic E-state index is 0.0448. The Kier molecular flexibility index (Phi) is 7.12. The Morgan fingerprint density at radius 1 is 0.811 bits per heavy atom. The summed E-state index contributed by atoms with van der Waals surface area (Å²) in [7, 11) is -4.58.